The minimum atomic E-state index is -0.761. The molecule has 2 bridgehead atoms. The summed E-state index contributed by atoms with van der Waals surface area (Å²) in [4.78, 5) is 32.7. The first-order valence-electron chi connectivity index (χ1n) is 6.48. The predicted molar refractivity (Wildman–Crippen MR) is 72.9 cm³/mol. The summed E-state index contributed by atoms with van der Waals surface area (Å²) in [6, 6.07) is 13.5. The van der Waals surface area contributed by atoms with Crippen molar-refractivity contribution in [1.29, 1.82) is 0 Å². The maximum Gasteiger partial charge on any atom is 0.390 e. The van der Waals surface area contributed by atoms with Gasteiger partial charge in [-0.2, -0.15) is 0 Å². The second-order valence-corrected chi connectivity index (χ2v) is 4.54. The van der Waals surface area contributed by atoms with Crippen LogP contribution in [0.5, 0.6) is 5.75 Å². The molecule has 0 aliphatic carbocycles. The molecule has 0 fully saturated rings. The highest BCUT2D eigenvalue weighted by molar-refractivity contribution is 5.94. The molecule has 0 radical (unpaired) electrons. The molecule has 3 rings (SSSR count). The molecule has 21 heavy (non-hydrogen) atoms. The van der Waals surface area contributed by atoms with E-state index < -0.39 is 11.9 Å². The van der Waals surface area contributed by atoms with Crippen molar-refractivity contribution in [2.45, 2.75) is 6.42 Å². The van der Waals surface area contributed by atoms with Crippen molar-refractivity contribution in [3.8, 4) is 5.75 Å². The Labute approximate surface area is 121 Å². The van der Waals surface area contributed by atoms with Crippen molar-refractivity contribution in [3.05, 3.63) is 65.2 Å². The molecule has 106 valence electrons. The van der Waals surface area contributed by atoms with E-state index >= 15 is 0 Å². The Hall–Kier alpha value is -2.82. The highest BCUT2D eigenvalue weighted by Gasteiger charge is 2.20. The number of benzene rings is 2. The van der Waals surface area contributed by atoms with Crippen LogP contribution in [0, 0.1) is 0 Å². The van der Waals surface area contributed by atoms with Crippen molar-refractivity contribution < 1.29 is 24.1 Å². The first-order valence-corrected chi connectivity index (χ1v) is 6.48. The summed E-state index contributed by atoms with van der Waals surface area (Å²) < 4.78 is 5.38. The third kappa shape index (κ3) is 2.86. The number of fused-ring (bicyclic) bond motifs is 2. The summed E-state index contributed by atoms with van der Waals surface area (Å²) in [5, 5.41) is 0. The van der Waals surface area contributed by atoms with Crippen molar-refractivity contribution in [1.82, 2.24) is 0 Å². The average molecular weight is 284 g/mol. The lowest BCUT2D eigenvalue weighted by Crippen LogP contribution is -2.15. The van der Waals surface area contributed by atoms with Gasteiger partial charge in [0, 0.05) is 6.42 Å². The average Bonchev–Trinajstić information content (AvgIpc) is 2.53. The summed E-state index contributed by atoms with van der Waals surface area (Å²) in [5.41, 5.74) is 1.63. The van der Waals surface area contributed by atoms with Crippen LogP contribution in [0.3, 0.4) is 0 Å². The highest BCUT2D eigenvalue weighted by Crippen LogP contribution is 2.25. The molecule has 0 N–H and O–H groups in total. The summed E-state index contributed by atoms with van der Waals surface area (Å²) in [5.74, 6) is -1.04. The van der Waals surface area contributed by atoms with Crippen LogP contribution < -0.4 is 4.74 Å². The Bertz CT molecular complexity index is 678. The molecular weight excluding hydrogens is 272 g/mol. The molecule has 0 aromatic heterocycles. The second-order valence-electron chi connectivity index (χ2n) is 4.54. The van der Waals surface area contributed by atoms with Gasteiger partial charge in [-0.15, -0.1) is 0 Å². The van der Waals surface area contributed by atoms with Gasteiger partial charge in [0.05, 0.1) is 12.2 Å². The van der Waals surface area contributed by atoms with Gasteiger partial charge in [0.1, 0.15) is 11.3 Å². The Kier molecular flexibility index (Phi) is 3.55. The van der Waals surface area contributed by atoms with Crippen LogP contribution in [0.15, 0.2) is 48.5 Å². The summed E-state index contributed by atoms with van der Waals surface area (Å²) >= 11 is 0. The lowest BCUT2D eigenvalue weighted by Gasteiger charge is -2.16. The van der Waals surface area contributed by atoms with E-state index in [4.69, 9.17) is 4.74 Å². The molecular formula is C16H12O5. The minimum absolute atomic E-state index is 0.235. The Morgan fingerprint density at radius 3 is 2.52 bits per heavy atom. The van der Waals surface area contributed by atoms with Crippen LogP contribution in [0.4, 0.5) is 0 Å². The molecule has 0 atom stereocenters. The molecule has 1 heterocycles. The fourth-order valence-corrected chi connectivity index (χ4v) is 2.03. The molecule has 2 aromatic rings. The number of carbonyl (C=O) groups is 2. The smallest absolute Gasteiger partial charge is 0.390 e. The molecule has 5 heteroatoms. The Balaban J connectivity index is 1.66. The van der Waals surface area contributed by atoms with Crippen molar-refractivity contribution in [3.63, 3.8) is 0 Å². The van der Waals surface area contributed by atoms with E-state index in [-0.39, 0.29) is 5.56 Å². The normalized spacial score (nSPS) is 12.2. The zero-order valence-electron chi connectivity index (χ0n) is 11.1. The van der Waals surface area contributed by atoms with E-state index in [0.717, 1.165) is 12.0 Å². The van der Waals surface area contributed by atoms with Crippen LogP contribution in [0.1, 0.15) is 26.3 Å². The zero-order valence-corrected chi connectivity index (χ0v) is 11.1. The molecule has 0 saturated carbocycles. The van der Waals surface area contributed by atoms with Crippen LogP contribution in [0.2, 0.25) is 0 Å². The Morgan fingerprint density at radius 1 is 0.952 bits per heavy atom. The number of hydrogen-bond acceptors (Lipinski definition) is 5. The van der Waals surface area contributed by atoms with Gasteiger partial charge in [-0.05, 0) is 29.8 Å². The molecule has 1 aliphatic rings. The van der Waals surface area contributed by atoms with E-state index in [1.54, 1.807) is 42.5 Å². The van der Waals surface area contributed by atoms with Gasteiger partial charge in [0.15, 0.2) is 0 Å². The molecule has 0 unspecified atom stereocenters. The first kappa shape index (κ1) is 13.2. The van der Waals surface area contributed by atoms with Crippen molar-refractivity contribution in [2.24, 2.45) is 0 Å². The monoisotopic (exact) mass is 284 g/mol. The van der Waals surface area contributed by atoms with Gasteiger partial charge in [0.25, 0.3) is 0 Å². The van der Waals surface area contributed by atoms with E-state index in [9.17, 15) is 9.59 Å². The van der Waals surface area contributed by atoms with E-state index in [2.05, 4.69) is 9.78 Å². The van der Waals surface area contributed by atoms with E-state index in [1.165, 1.54) is 0 Å². The molecule has 0 amide bonds. The van der Waals surface area contributed by atoms with Gasteiger partial charge >= 0.3 is 11.9 Å². The standard InChI is InChI=1S/C16H12O5/c17-15(12-4-2-1-3-5-12)20-21-16(18)13-7-6-11-8-9-19-14(13)10-11/h1-7,10H,8-9H2. The Morgan fingerprint density at radius 2 is 1.71 bits per heavy atom. The van der Waals surface area contributed by atoms with E-state index in [1.807, 2.05) is 6.07 Å². The van der Waals surface area contributed by atoms with Gasteiger partial charge in [0.2, 0.25) is 0 Å². The molecule has 1 aliphatic heterocycles. The van der Waals surface area contributed by atoms with Gasteiger partial charge < -0.3 is 4.74 Å². The minimum Gasteiger partial charge on any atom is -0.492 e. The molecule has 2 aromatic carbocycles. The van der Waals surface area contributed by atoms with Gasteiger partial charge in [-0.3, -0.25) is 0 Å². The van der Waals surface area contributed by atoms with E-state index in [0.29, 0.717) is 17.9 Å². The van der Waals surface area contributed by atoms with Crippen LogP contribution in [-0.2, 0) is 16.2 Å². The largest absolute Gasteiger partial charge is 0.492 e. The third-order valence-electron chi connectivity index (χ3n) is 3.12. The molecule has 0 spiro atoms. The first-order chi connectivity index (χ1) is 10.2. The number of ether oxygens (including phenoxy) is 1. The number of rotatable bonds is 2. The SMILES string of the molecule is O=C(OOC(=O)c1ccc2cc1OCC2)c1ccccc1. The van der Waals surface area contributed by atoms with Gasteiger partial charge in [-0.1, -0.05) is 24.3 Å². The van der Waals surface area contributed by atoms with Crippen LogP contribution in [0.25, 0.3) is 0 Å². The molecule has 0 saturated heterocycles. The van der Waals surface area contributed by atoms with Gasteiger partial charge in [-0.25, -0.2) is 19.4 Å². The zero-order chi connectivity index (χ0) is 14.7. The number of carbonyl (C=O) groups excluding carboxylic acids is 2. The topological polar surface area (TPSA) is 61.8 Å². The maximum atomic E-state index is 11.9. The van der Waals surface area contributed by atoms with Crippen LogP contribution in [-0.4, -0.2) is 18.5 Å². The van der Waals surface area contributed by atoms with Crippen molar-refractivity contribution in [2.75, 3.05) is 6.61 Å². The van der Waals surface area contributed by atoms with Crippen molar-refractivity contribution >= 4 is 11.9 Å². The highest BCUT2D eigenvalue weighted by atomic mass is 17.2. The summed E-state index contributed by atoms with van der Waals surface area (Å²) in [6.45, 7) is 0.520. The quantitative estimate of drug-likeness (QED) is 0.626. The van der Waals surface area contributed by atoms with Crippen LogP contribution >= 0.6 is 0 Å². The molecule has 5 nitrogen and oxygen atoms in total. The lowest BCUT2D eigenvalue weighted by molar-refractivity contribution is -0.187. The fraction of sp³-hybridized carbons (Fsp3) is 0.125. The lowest BCUT2D eigenvalue weighted by atomic mass is 10.1. The maximum absolute atomic E-state index is 11.9. The third-order valence-corrected chi connectivity index (χ3v) is 3.12. The second kappa shape index (κ2) is 5.66. The number of hydrogen-bond donors (Lipinski definition) is 0. The summed E-state index contributed by atoms with van der Waals surface area (Å²) in [7, 11) is 0. The fourth-order valence-electron chi connectivity index (χ4n) is 2.03. The summed E-state index contributed by atoms with van der Waals surface area (Å²) in [6.07, 6.45) is 0.811. The predicted octanol–water partition coefficient (Wildman–Crippen LogP) is 2.55.